The Hall–Kier alpha value is -2.48. The molecule has 3 heterocycles. The monoisotopic (exact) mass is 686 g/mol. The number of aromatic nitrogens is 1. The van der Waals surface area contributed by atoms with E-state index in [1.54, 1.807) is 6.07 Å². The van der Waals surface area contributed by atoms with Gasteiger partial charge in [-0.05, 0) is 0 Å². The van der Waals surface area contributed by atoms with Crippen molar-refractivity contribution in [2.24, 2.45) is 1.36 Å². The average molecular weight is 686 g/mol. The van der Waals surface area contributed by atoms with E-state index in [1.165, 1.54) is 6.07 Å². The van der Waals surface area contributed by atoms with E-state index in [1.807, 2.05) is 71.3 Å². The van der Waals surface area contributed by atoms with Crippen LogP contribution in [0.4, 0.5) is 11.4 Å². The van der Waals surface area contributed by atoms with Crippen LogP contribution in [0.1, 0.15) is 0 Å². The molecule has 0 N–H and O–H groups in total. The quantitative estimate of drug-likeness (QED) is 0.109. The molecule has 1 aromatic heterocycles. The number of benzene rings is 4. The van der Waals surface area contributed by atoms with Crippen molar-refractivity contribution >= 4 is 85.6 Å². The van der Waals surface area contributed by atoms with Gasteiger partial charge < -0.3 is 0 Å². The molecule has 2 aliphatic heterocycles. The molecule has 7 rings (SSSR count). The third-order valence-electron chi connectivity index (χ3n) is 6.51. The maximum atomic E-state index is 15.5. The minimum atomic E-state index is -6.29. The molecule has 0 saturated carbocycles. The van der Waals surface area contributed by atoms with E-state index >= 15 is 5.72 Å². The fraction of sp³-hybridized carbons (Fsp3) is 0. The second kappa shape index (κ2) is 7.26. The number of rotatable bonds is 2. The third kappa shape index (κ3) is 2.75. The van der Waals surface area contributed by atoms with E-state index in [2.05, 4.69) is 1.36 Å². The number of hydrogen-bond donors (Lipinski definition) is 0. The number of halogens is 6. The Morgan fingerprint density at radius 1 is 0.794 bits per heavy atom. The molecule has 3 nitrogen and oxygen atoms in total. The van der Waals surface area contributed by atoms with Crippen molar-refractivity contribution < 1.29 is 16.2 Å². The second-order valence-electron chi connectivity index (χ2n) is 8.13. The van der Waals surface area contributed by atoms with Crippen LogP contribution in [-0.2, 0) is 0 Å². The first kappa shape index (κ1) is 20.9. The minimum absolute atomic E-state index is 0.303. The normalized spacial score (nSPS) is 14.5. The van der Waals surface area contributed by atoms with E-state index in [9.17, 15) is 5.72 Å². The van der Waals surface area contributed by atoms with E-state index in [0.29, 0.717) is 22.5 Å². The standard InChI is InChI=1S/C24H13BF4I2N2O/c26-30(27)32-31(28,29)17-13-12-15-14-6-1-3-8-18(14)33-19-9-5-11-21-23(19)25(22(17)24(15)33)16-7-2-4-10-20(16)34-21/h1-13H. The first-order valence-electron chi connectivity index (χ1n) is 10.4. The van der Waals surface area contributed by atoms with Gasteiger partial charge in [-0.3, -0.25) is 0 Å². The molecule has 2 aliphatic rings. The van der Waals surface area contributed by atoms with Gasteiger partial charge in [-0.25, -0.2) is 0 Å². The van der Waals surface area contributed by atoms with Crippen LogP contribution < -0.4 is 21.1 Å². The number of ether oxygens (including phenoxy) is 1. The van der Waals surface area contributed by atoms with Gasteiger partial charge in [-0.1, -0.05) is 0 Å². The zero-order valence-corrected chi connectivity index (χ0v) is 21.5. The molecule has 0 aliphatic carbocycles. The predicted octanol–water partition coefficient (Wildman–Crippen LogP) is 7.07. The summed E-state index contributed by atoms with van der Waals surface area (Å²) >= 11 is -11.3. The van der Waals surface area contributed by atoms with Gasteiger partial charge in [0.05, 0.1) is 0 Å². The topological polar surface area (TPSA) is 26.5 Å². The summed E-state index contributed by atoms with van der Waals surface area (Å²) in [4.78, 5) is 0. The molecule has 0 fully saturated rings. The molecule has 10 heteroatoms. The van der Waals surface area contributed by atoms with Gasteiger partial charge in [0.25, 0.3) is 0 Å². The number of fused-ring (bicyclic) bond motifs is 7. The fourth-order valence-corrected chi connectivity index (χ4v) is 11.4. The summed E-state index contributed by atoms with van der Waals surface area (Å²) in [5, 5.41) is 1.74. The zero-order valence-electron chi connectivity index (χ0n) is 17.2. The molecule has 0 atom stereocenters. The van der Waals surface area contributed by atoms with E-state index in [0.717, 1.165) is 32.9 Å². The summed E-state index contributed by atoms with van der Waals surface area (Å²) in [5.74, 6) is 1.17. The van der Waals surface area contributed by atoms with E-state index in [4.69, 9.17) is 4.74 Å². The molecule has 0 bridgehead atoms. The van der Waals surface area contributed by atoms with Gasteiger partial charge in [-0.15, -0.1) is 0 Å². The van der Waals surface area contributed by atoms with Crippen LogP contribution in [0.25, 0.3) is 27.5 Å². The third-order valence-corrected chi connectivity index (χ3v) is 14.5. The van der Waals surface area contributed by atoms with Crippen molar-refractivity contribution in [3.8, 4) is 17.2 Å². The first-order valence-corrected chi connectivity index (χ1v) is 16.6. The molecule has 0 amide bonds. The molecule has 170 valence electrons. The second-order valence-corrected chi connectivity index (χ2v) is 15.5. The van der Waals surface area contributed by atoms with Gasteiger partial charge in [-0.2, -0.15) is 0 Å². The predicted molar refractivity (Wildman–Crippen MR) is 146 cm³/mol. The Kier molecular flexibility index (Phi) is 4.46. The Morgan fingerprint density at radius 2 is 1.56 bits per heavy atom. The van der Waals surface area contributed by atoms with Crippen LogP contribution in [0.3, 0.4) is 0 Å². The van der Waals surface area contributed by atoms with Crippen molar-refractivity contribution in [3.63, 3.8) is 0 Å². The maximum absolute atomic E-state index is 15.5. The van der Waals surface area contributed by atoms with Crippen LogP contribution in [0.15, 0.2) is 80.2 Å². The molecular formula is C24H13BF4I2N2O. The van der Waals surface area contributed by atoms with Gasteiger partial charge in [0.1, 0.15) is 0 Å². The Bertz CT molecular complexity index is 1730. The van der Waals surface area contributed by atoms with Crippen LogP contribution in [0.5, 0.6) is 11.5 Å². The van der Waals surface area contributed by atoms with Crippen LogP contribution in [0, 0.1) is 3.57 Å². The number of nitrogens with zero attached hydrogens (tertiary/aromatic N) is 2. The van der Waals surface area contributed by atoms with Crippen molar-refractivity contribution in [3.05, 3.63) is 82.4 Å². The molecule has 0 radical (unpaired) electrons. The van der Waals surface area contributed by atoms with E-state index < -0.39 is 47.4 Å². The Labute approximate surface area is 206 Å². The Morgan fingerprint density at radius 3 is 2.41 bits per heavy atom. The van der Waals surface area contributed by atoms with Crippen molar-refractivity contribution in [1.82, 2.24) is 4.57 Å². The van der Waals surface area contributed by atoms with Crippen molar-refractivity contribution in [2.45, 2.75) is 0 Å². The summed E-state index contributed by atoms with van der Waals surface area (Å²) in [6.45, 7) is -0.558. The molecular weight excluding hydrogens is 673 g/mol. The molecule has 0 saturated heterocycles. The molecule has 0 spiro atoms. The summed E-state index contributed by atoms with van der Waals surface area (Å²) in [5.41, 5.74) is 4.27. The molecule has 0 unspecified atom stereocenters. The Balaban J connectivity index is 1.74. The average Bonchev–Trinajstić information content (AvgIpc) is 3.16. The summed E-state index contributed by atoms with van der Waals surface area (Å²) in [6, 6.07) is 23.7. The summed E-state index contributed by atoms with van der Waals surface area (Å²) < 4.78 is 68.3. The fourth-order valence-electron chi connectivity index (χ4n) is 5.37. The van der Waals surface area contributed by atoms with Gasteiger partial charge in [0, 0.05) is 0 Å². The van der Waals surface area contributed by atoms with Crippen LogP contribution in [-0.4, -0.2) is 11.3 Å². The number of para-hydroxylation sites is 2. The summed E-state index contributed by atoms with van der Waals surface area (Å²) in [7, 11) is 0. The molecule has 4 aromatic carbocycles. The van der Waals surface area contributed by atoms with Crippen LogP contribution in [0.2, 0.25) is 0 Å². The zero-order chi connectivity index (χ0) is 23.2. The molecule has 34 heavy (non-hydrogen) atoms. The van der Waals surface area contributed by atoms with Gasteiger partial charge >= 0.3 is 207 Å². The van der Waals surface area contributed by atoms with Crippen molar-refractivity contribution in [1.29, 1.82) is 0 Å². The summed E-state index contributed by atoms with van der Waals surface area (Å²) in [6.07, 6.45) is 0. The van der Waals surface area contributed by atoms with Gasteiger partial charge in [0.15, 0.2) is 0 Å². The molecule has 5 aromatic rings. The van der Waals surface area contributed by atoms with Gasteiger partial charge in [0.2, 0.25) is 0 Å². The van der Waals surface area contributed by atoms with Crippen LogP contribution >= 0.6 is 40.6 Å². The van der Waals surface area contributed by atoms with E-state index in [-0.39, 0.29) is 3.57 Å². The number of hydrogen-bond acceptors (Lipinski definition) is 2. The van der Waals surface area contributed by atoms with Crippen molar-refractivity contribution in [2.75, 3.05) is 0 Å². The first-order chi connectivity index (χ1) is 16.5. The SMILES string of the molecule is FI(F)N=I(F)(F)c1ccc2c3ccccc3n3c2c1B1c2ccccc2Oc2cccc-3c21.